The van der Waals surface area contributed by atoms with Gasteiger partial charge in [0.2, 0.25) is 5.91 Å². The Hall–Kier alpha value is -3.07. The molecule has 6 nitrogen and oxygen atoms in total. The lowest BCUT2D eigenvalue weighted by Crippen LogP contribution is -2.26. The van der Waals surface area contributed by atoms with Crippen molar-refractivity contribution < 1.29 is 4.79 Å². The van der Waals surface area contributed by atoms with Gasteiger partial charge in [0.25, 0.3) is 0 Å². The van der Waals surface area contributed by atoms with Crippen molar-refractivity contribution in [1.82, 2.24) is 15.1 Å². The van der Waals surface area contributed by atoms with Crippen molar-refractivity contribution in [2.75, 3.05) is 12.3 Å². The fourth-order valence-corrected chi connectivity index (χ4v) is 3.20. The number of nitrogen functional groups attached to an aromatic ring is 1. The third-order valence-corrected chi connectivity index (χ3v) is 4.58. The minimum absolute atomic E-state index is 0.0800. The highest BCUT2D eigenvalue weighted by molar-refractivity contribution is 5.76. The standard InChI is InChI=1S/C20H23N5O/c21-14-17-18(24-25(20(17)22)16-9-2-1-3-10-16)11-6-12-23-19(26)13-15-7-4-5-8-15/h1-4,7,9-10,15H,5-6,8,11-13,22H2,(H,23,26). The second-order valence-corrected chi connectivity index (χ2v) is 6.49. The first-order valence-electron chi connectivity index (χ1n) is 8.95. The van der Waals surface area contributed by atoms with Crippen LogP contribution in [0.4, 0.5) is 5.82 Å². The lowest BCUT2D eigenvalue weighted by atomic mass is 10.1. The first-order chi connectivity index (χ1) is 12.7. The number of allylic oxidation sites excluding steroid dienone is 2. The summed E-state index contributed by atoms with van der Waals surface area (Å²) in [6.45, 7) is 0.568. The minimum atomic E-state index is 0.0800. The summed E-state index contributed by atoms with van der Waals surface area (Å²) in [5.41, 5.74) is 8.00. The van der Waals surface area contributed by atoms with Crippen LogP contribution in [0.5, 0.6) is 0 Å². The number of hydrogen-bond donors (Lipinski definition) is 2. The number of rotatable bonds is 7. The number of para-hydroxylation sites is 1. The number of benzene rings is 1. The second kappa shape index (κ2) is 8.34. The smallest absolute Gasteiger partial charge is 0.220 e. The molecule has 6 heteroatoms. The molecule has 0 saturated carbocycles. The predicted octanol–water partition coefficient (Wildman–Crippen LogP) is 2.73. The van der Waals surface area contributed by atoms with Gasteiger partial charge in [-0.1, -0.05) is 30.4 Å². The number of nitrogens with one attached hydrogen (secondary N) is 1. The Bertz CT molecular complexity index is 832. The zero-order valence-corrected chi connectivity index (χ0v) is 14.7. The van der Waals surface area contributed by atoms with E-state index in [9.17, 15) is 10.1 Å². The number of nitriles is 1. The second-order valence-electron chi connectivity index (χ2n) is 6.49. The number of carbonyl (C=O) groups is 1. The van der Waals surface area contributed by atoms with Gasteiger partial charge in [0.05, 0.1) is 11.4 Å². The van der Waals surface area contributed by atoms with Gasteiger partial charge in [-0.25, -0.2) is 4.68 Å². The first kappa shape index (κ1) is 17.7. The van der Waals surface area contributed by atoms with Gasteiger partial charge in [0.15, 0.2) is 0 Å². The lowest BCUT2D eigenvalue weighted by Gasteiger charge is -2.08. The lowest BCUT2D eigenvalue weighted by molar-refractivity contribution is -0.121. The summed E-state index contributed by atoms with van der Waals surface area (Å²) in [7, 11) is 0. The normalized spacial score (nSPS) is 15.7. The van der Waals surface area contributed by atoms with E-state index in [1.165, 1.54) is 0 Å². The number of hydrogen-bond acceptors (Lipinski definition) is 4. The maximum Gasteiger partial charge on any atom is 0.220 e. The van der Waals surface area contributed by atoms with Crippen LogP contribution >= 0.6 is 0 Å². The molecule has 134 valence electrons. The van der Waals surface area contributed by atoms with Gasteiger partial charge >= 0.3 is 0 Å². The minimum Gasteiger partial charge on any atom is -0.382 e. The highest BCUT2D eigenvalue weighted by Crippen LogP contribution is 2.22. The van der Waals surface area contributed by atoms with Gasteiger partial charge in [-0.3, -0.25) is 4.79 Å². The van der Waals surface area contributed by atoms with Crippen LogP contribution in [-0.2, 0) is 11.2 Å². The molecule has 1 aromatic carbocycles. The molecule has 0 aliphatic heterocycles. The predicted molar refractivity (Wildman–Crippen MR) is 101 cm³/mol. The molecule has 0 saturated heterocycles. The van der Waals surface area contributed by atoms with Crippen LogP contribution in [0.1, 0.15) is 36.9 Å². The van der Waals surface area contributed by atoms with Crippen LogP contribution in [0, 0.1) is 17.2 Å². The average Bonchev–Trinajstić information content (AvgIpc) is 3.27. The van der Waals surface area contributed by atoms with Crippen molar-refractivity contribution in [2.45, 2.75) is 32.1 Å². The monoisotopic (exact) mass is 349 g/mol. The van der Waals surface area contributed by atoms with Crippen LogP contribution in [0.2, 0.25) is 0 Å². The van der Waals surface area contributed by atoms with Crippen molar-refractivity contribution in [3.8, 4) is 11.8 Å². The molecule has 1 aliphatic rings. The third-order valence-electron chi connectivity index (χ3n) is 4.58. The first-order valence-corrected chi connectivity index (χ1v) is 8.95. The molecule has 1 aliphatic carbocycles. The zero-order chi connectivity index (χ0) is 18.4. The molecule has 0 radical (unpaired) electrons. The van der Waals surface area contributed by atoms with Crippen LogP contribution in [-0.4, -0.2) is 22.2 Å². The summed E-state index contributed by atoms with van der Waals surface area (Å²) in [6, 6.07) is 11.7. The molecule has 0 fully saturated rings. The maximum absolute atomic E-state index is 11.9. The molecular weight excluding hydrogens is 326 g/mol. The van der Waals surface area contributed by atoms with E-state index >= 15 is 0 Å². The van der Waals surface area contributed by atoms with Gasteiger partial charge in [-0.05, 0) is 43.7 Å². The Morgan fingerprint density at radius 1 is 1.38 bits per heavy atom. The molecule has 26 heavy (non-hydrogen) atoms. The van der Waals surface area contributed by atoms with Crippen molar-refractivity contribution in [1.29, 1.82) is 5.26 Å². The fourth-order valence-electron chi connectivity index (χ4n) is 3.20. The van der Waals surface area contributed by atoms with E-state index in [-0.39, 0.29) is 5.91 Å². The van der Waals surface area contributed by atoms with E-state index < -0.39 is 0 Å². The molecule has 1 heterocycles. The molecule has 3 rings (SSSR count). The zero-order valence-electron chi connectivity index (χ0n) is 14.7. The molecular formula is C20H23N5O. The van der Waals surface area contributed by atoms with Crippen LogP contribution < -0.4 is 11.1 Å². The summed E-state index contributed by atoms with van der Waals surface area (Å²) in [5.74, 6) is 0.809. The number of anilines is 1. The Morgan fingerprint density at radius 2 is 2.19 bits per heavy atom. The van der Waals surface area contributed by atoms with E-state index in [0.29, 0.717) is 48.8 Å². The van der Waals surface area contributed by atoms with Gasteiger partial charge < -0.3 is 11.1 Å². The summed E-state index contributed by atoms with van der Waals surface area (Å²) in [6.07, 6.45) is 8.25. The van der Waals surface area contributed by atoms with Crippen molar-refractivity contribution in [3.63, 3.8) is 0 Å². The van der Waals surface area contributed by atoms with Crippen molar-refractivity contribution in [2.24, 2.45) is 5.92 Å². The van der Waals surface area contributed by atoms with Gasteiger partial charge in [-0.15, -0.1) is 0 Å². The molecule has 1 amide bonds. The van der Waals surface area contributed by atoms with Crippen molar-refractivity contribution in [3.05, 3.63) is 53.7 Å². The SMILES string of the molecule is N#Cc1c(CCCNC(=O)CC2C=CCC2)nn(-c2ccccc2)c1N. The Kier molecular flexibility index (Phi) is 5.69. The van der Waals surface area contributed by atoms with Crippen LogP contribution in [0.25, 0.3) is 5.69 Å². The molecule has 3 N–H and O–H groups in total. The molecule has 1 atom stereocenters. The summed E-state index contributed by atoms with van der Waals surface area (Å²) in [4.78, 5) is 11.9. The Labute approximate surface area is 153 Å². The average molecular weight is 349 g/mol. The number of nitrogens with two attached hydrogens (primary N) is 1. The highest BCUT2D eigenvalue weighted by Gasteiger charge is 2.17. The van der Waals surface area contributed by atoms with E-state index in [1.807, 2.05) is 30.3 Å². The number of carbonyl (C=O) groups excluding carboxylic acids is 1. The summed E-state index contributed by atoms with van der Waals surface area (Å²) in [5, 5.41) is 16.9. The quantitative estimate of drug-likeness (QED) is 0.593. The Balaban J connectivity index is 1.55. The molecule has 0 spiro atoms. The number of nitrogens with zero attached hydrogens (tertiary/aromatic N) is 3. The van der Waals surface area contributed by atoms with Crippen molar-refractivity contribution >= 4 is 11.7 Å². The van der Waals surface area contributed by atoms with Gasteiger partial charge in [0.1, 0.15) is 17.5 Å². The van der Waals surface area contributed by atoms with E-state index in [1.54, 1.807) is 4.68 Å². The number of amides is 1. The largest absolute Gasteiger partial charge is 0.382 e. The van der Waals surface area contributed by atoms with E-state index in [0.717, 1.165) is 18.5 Å². The topological polar surface area (TPSA) is 96.7 Å². The Morgan fingerprint density at radius 3 is 2.88 bits per heavy atom. The van der Waals surface area contributed by atoms with E-state index in [2.05, 4.69) is 28.6 Å². The summed E-state index contributed by atoms with van der Waals surface area (Å²) >= 11 is 0. The van der Waals surface area contributed by atoms with Crippen LogP contribution in [0.15, 0.2) is 42.5 Å². The third kappa shape index (κ3) is 4.12. The molecule has 2 aromatic rings. The van der Waals surface area contributed by atoms with Crippen LogP contribution in [0.3, 0.4) is 0 Å². The molecule has 1 unspecified atom stereocenters. The maximum atomic E-state index is 11.9. The van der Waals surface area contributed by atoms with E-state index in [4.69, 9.17) is 5.73 Å². The van der Waals surface area contributed by atoms with Gasteiger partial charge in [-0.2, -0.15) is 10.4 Å². The molecule has 0 bridgehead atoms. The fraction of sp³-hybridized carbons (Fsp3) is 0.350. The number of aryl methyl sites for hydroxylation is 1. The van der Waals surface area contributed by atoms with Gasteiger partial charge in [0, 0.05) is 13.0 Å². The number of aromatic nitrogens is 2. The molecule has 1 aromatic heterocycles. The summed E-state index contributed by atoms with van der Waals surface area (Å²) < 4.78 is 1.60. The highest BCUT2D eigenvalue weighted by atomic mass is 16.1.